The van der Waals surface area contributed by atoms with Crippen molar-refractivity contribution >= 4 is 5.97 Å². The third kappa shape index (κ3) is 3.26. The van der Waals surface area contributed by atoms with E-state index in [4.69, 9.17) is 5.11 Å². The van der Waals surface area contributed by atoms with Crippen LogP contribution in [0.3, 0.4) is 0 Å². The molecule has 0 aliphatic heterocycles. The molecule has 0 amide bonds. The third-order valence-corrected chi connectivity index (χ3v) is 2.82. The Labute approximate surface area is 105 Å². The van der Waals surface area contributed by atoms with Crippen molar-refractivity contribution in [3.8, 4) is 0 Å². The molecule has 0 aromatic heterocycles. The highest BCUT2D eigenvalue weighted by Gasteiger charge is 2.32. The molecule has 0 fully saturated rings. The Morgan fingerprint density at radius 2 is 2.11 bits per heavy atom. The van der Waals surface area contributed by atoms with Gasteiger partial charge >= 0.3 is 5.97 Å². The van der Waals surface area contributed by atoms with E-state index >= 15 is 0 Å². The summed E-state index contributed by atoms with van der Waals surface area (Å²) in [7, 11) is 0. The van der Waals surface area contributed by atoms with Crippen molar-refractivity contribution in [1.82, 2.24) is 5.32 Å². The van der Waals surface area contributed by atoms with Gasteiger partial charge in [0.1, 0.15) is 0 Å². The molecule has 100 valence electrons. The lowest BCUT2D eigenvalue weighted by atomic mass is 9.88. The molecule has 1 aromatic rings. The topological polar surface area (TPSA) is 49.3 Å². The van der Waals surface area contributed by atoms with E-state index in [1.165, 1.54) is 12.1 Å². The normalized spacial score (nSPS) is 14.2. The molecule has 1 unspecified atom stereocenters. The molecule has 5 heteroatoms. The summed E-state index contributed by atoms with van der Waals surface area (Å²) in [6.45, 7) is 4.00. The first kappa shape index (κ1) is 14.6. The van der Waals surface area contributed by atoms with Gasteiger partial charge in [-0.3, -0.25) is 4.79 Å². The van der Waals surface area contributed by atoms with Gasteiger partial charge < -0.3 is 10.4 Å². The van der Waals surface area contributed by atoms with Crippen LogP contribution in [0, 0.1) is 11.6 Å². The largest absolute Gasteiger partial charge is 0.481 e. The van der Waals surface area contributed by atoms with Gasteiger partial charge in [0.15, 0.2) is 11.6 Å². The summed E-state index contributed by atoms with van der Waals surface area (Å²) >= 11 is 0. The highest BCUT2D eigenvalue weighted by Crippen LogP contribution is 2.28. The zero-order chi connectivity index (χ0) is 13.8. The molecule has 0 saturated heterocycles. The molecule has 2 N–H and O–H groups in total. The van der Waals surface area contributed by atoms with Crippen molar-refractivity contribution in [3.05, 3.63) is 35.4 Å². The minimum Gasteiger partial charge on any atom is -0.481 e. The molecule has 0 saturated carbocycles. The first-order valence-electron chi connectivity index (χ1n) is 5.82. The van der Waals surface area contributed by atoms with Gasteiger partial charge in [-0.15, -0.1) is 0 Å². The predicted octanol–water partition coefficient (Wildman–Crippen LogP) is 2.65. The van der Waals surface area contributed by atoms with Crippen molar-refractivity contribution in [1.29, 1.82) is 0 Å². The minimum absolute atomic E-state index is 0.0401. The van der Waals surface area contributed by atoms with Gasteiger partial charge in [0.25, 0.3) is 0 Å². The predicted molar refractivity (Wildman–Crippen MR) is 64.3 cm³/mol. The van der Waals surface area contributed by atoms with Crippen LogP contribution in [0.25, 0.3) is 0 Å². The van der Waals surface area contributed by atoms with Crippen LogP contribution in [0.1, 0.15) is 32.3 Å². The zero-order valence-electron chi connectivity index (χ0n) is 10.5. The molecule has 1 atom stereocenters. The summed E-state index contributed by atoms with van der Waals surface area (Å²) in [5, 5.41) is 11.9. The average Bonchev–Trinajstić information content (AvgIpc) is 2.29. The van der Waals surface area contributed by atoms with Crippen LogP contribution in [-0.4, -0.2) is 17.6 Å². The van der Waals surface area contributed by atoms with Gasteiger partial charge in [0, 0.05) is 5.56 Å². The Bertz CT molecular complexity index is 437. The van der Waals surface area contributed by atoms with Crippen molar-refractivity contribution in [2.75, 3.05) is 6.54 Å². The van der Waals surface area contributed by atoms with E-state index in [2.05, 4.69) is 5.32 Å². The Hall–Kier alpha value is -1.49. The fourth-order valence-electron chi connectivity index (χ4n) is 1.89. The first-order chi connectivity index (χ1) is 8.40. The van der Waals surface area contributed by atoms with Crippen molar-refractivity contribution < 1.29 is 18.7 Å². The smallest absolute Gasteiger partial charge is 0.305 e. The van der Waals surface area contributed by atoms with Crippen LogP contribution in [-0.2, 0) is 10.3 Å². The van der Waals surface area contributed by atoms with Crippen LogP contribution < -0.4 is 5.32 Å². The van der Waals surface area contributed by atoms with Crippen molar-refractivity contribution in [3.63, 3.8) is 0 Å². The van der Waals surface area contributed by atoms with E-state index in [1.54, 1.807) is 6.92 Å². The number of hydrogen-bond donors (Lipinski definition) is 2. The molecule has 1 rings (SSSR count). The van der Waals surface area contributed by atoms with Gasteiger partial charge in [-0.25, -0.2) is 8.78 Å². The first-order valence-corrected chi connectivity index (χ1v) is 5.82. The molecule has 0 radical (unpaired) electrons. The Balaban J connectivity index is 3.16. The number of carboxylic acid groups (broad SMARTS) is 1. The number of nitrogens with one attached hydrogen (secondary N) is 1. The van der Waals surface area contributed by atoms with E-state index < -0.39 is 23.1 Å². The Morgan fingerprint density at radius 1 is 1.44 bits per heavy atom. The second kappa shape index (κ2) is 5.91. The number of hydrogen-bond acceptors (Lipinski definition) is 2. The third-order valence-electron chi connectivity index (χ3n) is 2.82. The van der Waals surface area contributed by atoms with Gasteiger partial charge in [0.2, 0.25) is 0 Å². The van der Waals surface area contributed by atoms with Gasteiger partial charge in [-0.2, -0.15) is 0 Å². The summed E-state index contributed by atoms with van der Waals surface area (Å²) in [6.07, 6.45) is 0.458. The molecular formula is C13H17F2NO2. The monoisotopic (exact) mass is 257 g/mol. The van der Waals surface area contributed by atoms with Crippen LogP contribution >= 0.6 is 0 Å². The van der Waals surface area contributed by atoms with E-state index in [-0.39, 0.29) is 12.0 Å². The fraction of sp³-hybridized carbons (Fsp3) is 0.462. The van der Waals surface area contributed by atoms with Crippen molar-refractivity contribution in [2.24, 2.45) is 0 Å². The quantitative estimate of drug-likeness (QED) is 0.823. The second-order valence-electron chi connectivity index (χ2n) is 4.43. The van der Waals surface area contributed by atoms with Crippen molar-refractivity contribution in [2.45, 2.75) is 32.2 Å². The number of rotatable bonds is 6. The van der Waals surface area contributed by atoms with E-state index in [0.29, 0.717) is 6.54 Å². The maximum absolute atomic E-state index is 13.8. The number of halogens is 2. The molecule has 0 aliphatic rings. The molecule has 0 spiro atoms. The number of benzene rings is 1. The minimum atomic E-state index is -1.12. The molecular weight excluding hydrogens is 240 g/mol. The maximum Gasteiger partial charge on any atom is 0.305 e. The molecule has 18 heavy (non-hydrogen) atoms. The van der Waals surface area contributed by atoms with Gasteiger partial charge in [-0.05, 0) is 26.0 Å². The molecule has 0 aliphatic carbocycles. The second-order valence-corrected chi connectivity index (χ2v) is 4.43. The summed E-state index contributed by atoms with van der Waals surface area (Å²) < 4.78 is 27.0. The lowest BCUT2D eigenvalue weighted by molar-refractivity contribution is -0.138. The fourth-order valence-corrected chi connectivity index (χ4v) is 1.89. The van der Waals surface area contributed by atoms with Crippen LogP contribution in [0.4, 0.5) is 8.78 Å². The lowest BCUT2D eigenvalue weighted by Crippen LogP contribution is -2.42. The SMILES string of the molecule is CCCNC(C)(CC(=O)O)c1cccc(F)c1F. The van der Waals surface area contributed by atoms with E-state index in [1.807, 2.05) is 6.92 Å². The van der Waals surface area contributed by atoms with E-state index in [9.17, 15) is 13.6 Å². The molecule has 0 bridgehead atoms. The highest BCUT2D eigenvalue weighted by atomic mass is 19.2. The highest BCUT2D eigenvalue weighted by molar-refractivity contribution is 5.68. The zero-order valence-corrected chi connectivity index (χ0v) is 10.5. The number of carbonyl (C=O) groups is 1. The Kier molecular flexibility index (Phi) is 4.78. The summed E-state index contributed by atoms with van der Waals surface area (Å²) in [6, 6.07) is 3.80. The molecule has 0 heterocycles. The summed E-state index contributed by atoms with van der Waals surface area (Å²) in [4.78, 5) is 10.9. The standard InChI is InChI=1S/C13H17F2NO2/c1-3-7-16-13(2,8-11(17)18)9-5-4-6-10(14)12(9)15/h4-6,16H,3,7-8H2,1-2H3,(H,17,18). The van der Waals surface area contributed by atoms with Gasteiger partial charge in [-0.1, -0.05) is 19.1 Å². The van der Waals surface area contributed by atoms with Crippen LogP contribution in [0.15, 0.2) is 18.2 Å². The van der Waals surface area contributed by atoms with Gasteiger partial charge in [0.05, 0.1) is 12.0 Å². The Morgan fingerprint density at radius 3 is 2.67 bits per heavy atom. The maximum atomic E-state index is 13.8. The summed E-state index contributed by atoms with van der Waals surface area (Å²) in [5.74, 6) is -3.03. The lowest BCUT2D eigenvalue weighted by Gasteiger charge is -2.30. The number of carboxylic acids is 1. The average molecular weight is 257 g/mol. The summed E-state index contributed by atoms with van der Waals surface area (Å²) in [5.41, 5.74) is -1.08. The van der Waals surface area contributed by atoms with Crippen LogP contribution in [0.2, 0.25) is 0 Å². The van der Waals surface area contributed by atoms with E-state index in [0.717, 1.165) is 12.5 Å². The molecule has 1 aromatic carbocycles. The number of aliphatic carboxylic acids is 1. The van der Waals surface area contributed by atoms with Crippen LogP contribution in [0.5, 0.6) is 0 Å². The molecule has 3 nitrogen and oxygen atoms in total.